The topological polar surface area (TPSA) is 16.1 Å². The average molecular weight is 375 g/mol. The van der Waals surface area contributed by atoms with Crippen LogP contribution in [0.1, 0.15) is 18.4 Å². The quantitative estimate of drug-likeness (QED) is 0.530. The van der Waals surface area contributed by atoms with Crippen molar-refractivity contribution in [2.24, 2.45) is 0 Å². The second kappa shape index (κ2) is 8.51. The second-order valence-corrected chi connectivity index (χ2v) is 7.41. The minimum atomic E-state index is 0.748. The summed E-state index contributed by atoms with van der Waals surface area (Å²) in [4.78, 5) is 7.13. The molecule has 1 saturated heterocycles. The van der Waals surface area contributed by atoms with Crippen molar-refractivity contribution in [2.75, 3.05) is 19.6 Å². The van der Waals surface area contributed by atoms with Gasteiger partial charge in [-0.2, -0.15) is 0 Å². The molecule has 0 aliphatic carbocycles. The van der Waals surface area contributed by atoms with E-state index in [2.05, 4.69) is 58.4 Å². The molecule has 2 aromatic carbocycles. The zero-order chi connectivity index (χ0) is 18.5. The average Bonchev–Trinajstić information content (AvgIpc) is 3.23. The van der Waals surface area contributed by atoms with Gasteiger partial charge in [0.05, 0.1) is 5.69 Å². The van der Waals surface area contributed by atoms with Crippen LogP contribution >= 0.6 is 11.6 Å². The van der Waals surface area contributed by atoms with Crippen molar-refractivity contribution < 1.29 is 0 Å². The van der Waals surface area contributed by atoms with E-state index in [1.807, 2.05) is 30.5 Å². The summed E-state index contributed by atoms with van der Waals surface area (Å²) in [5.41, 5.74) is 5.57. The lowest BCUT2D eigenvalue weighted by Gasteiger charge is -2.10. The normalized spacial score (nSPS) is 14.9. The molecule has 136 valence electrons. The van der Waals surface area contributed by atoms with Crippen LogP contribution in [0.2, 0.25) is 5.02 Å². The Labute approximate surface area is 166 Å². The minimum absolute atomic E-state index is 0.748. The lowest BCUT2D eigenvalue weighted by Crippen LogP contribution is -2.18. The summed E-state index contributed by atoms with van der Waals surface area (Å²) < 4.78 is 0. The maximum atomic E-state index is 5.96. The molecule has 0 saturated carbocycles. The first kappa shape index (κ1) is 18.0. The molecule has 4 rings (SSSR count). The Morgan fingerprint density at radius 1 is 0.815 bits per heavy atom. The minimum Gasteiger partial charge on any atom is -0.300 e. The van der Waals surface area contributed by atoms with Crippen molar-refractivity contribution in [3.8, 4) is 22.4 Å². The van der Waals surface area contributed by atoms with Crippen LogP contribution < -0.4 is 0 Å². The Balaban J connectivity index is 1.42. The van der Waals surface area contributed by atoms with Gasteiger partial charge >= 0.3 is 0 Å². The van der Waals surface area contributed by atoms with E-state index in [0.29, 0.717) is 0 Å². The number of pyridine rings is 1. The number of nitrogens with zero attached hydrogens (tertiary/aromatic N) is 2. The lowest BCUT2D eigenvalue weighted by atomic mass is 10.0. The summed E-state index contributed by atoms with van der Waals surface area (Å²) in [5, 5.41) is 0.748. The van der Waals surface area contributed by atoms with Gasteiger partial charge in [0, 0.05) is 28.9 Å². The smallest absolute Gasteiger partial charge is 0.0702 e. The van der Waals surface area contributed by atoms with Crippen LogP contribution in [0.5, 0.6) is 0 Å². The molecule has 3 heteroatoms. The highest BCUT2D eigenvalue weighted by Crippen LogP contribution is 2.24. The first-order valence-corrected chi connectivity index (χ1v) is 9.87. The van der Waals surface area contributed by atoms with Crippen molar-refractivity contribution in [1.82, 2.24) is 9.88 Å². The fourth-order valence-corrected chi connectivity index (χ4v) is 3.57. The third kappa shape index (κ3) is 4.65. The predicted molar refractivity (Wildman–Crippen MR) is 115 cm³/mol. The fraction of sp³-hybridized carbons (Fsp3) is 0.208. The first-order chi connectivity index (χ1) is 13.3. The highest BCUT2D eigenvalue weighted by molar-refractivity contribution is 6.30. The van der Waals surface area contributed by atoms with E-state index in [0.717, 1.165) is 34.0 Å². The molecular weight excluding hydrogens is 352 g/mol. The molecule has 0 atom stereocenters. The Kier molecular flexibility index (Phi) is 5.66. The Bertz CT molecular complexity index is 891. The van der Waals surface area contributed by atoms with Gasteiger partial charge in [-0.3, -0.25) is 9.88 Å². The van der Waals surface area contributed by atoms with E-state index in [1.54, 1.807) is 0 Å². The van der Waals surface area contributed by atoms with Gasteiger partial charge < -0.3 is 0 Å². The summed E-state index contributed by atoms with van der Waals surface area (Å²) in [5.74, 6) is 0. The number of rotatable bonds is 5. The van der Waals surface area contributed by atoms with E-state index in [-0.39, 0.29) is 0 Å². The van der Waals surface area contributed by atoms with Gasteiger partial charge in [0.15, 0.2) is 0 Å². The molecule has 0 N–H and O–H groups in total. The van der Waals surface area contributed by atoms with E-state index in [4.69, 9.17) is 11.6 Å². The molecule has 0 radical (unpaired) electrons. The van der Waals surface area contributed by atoms with Gasteiger partial charge in [-0.1, -0.05) is 66.2 Å². The highest BCUT2D eigenvalue weighted by Gasteiger charge is 2.08. The molecule has 1 aromatic heterocycles. The molecule has 0 unspecified atom stereocenters. The third-order valence-corrected chi connectivity index (χ3v) is 5.27. The van der Waals surface area contributed by atoms with Gasteiger partial charge in [-0.25, -0.2) is 0 Å². The largest absolute Gasteiger partial charge is 0.300 e. The van der Waals surface area contributed by atoms with Crippen LogP contribution in [0, 0.1) is 0 Å². The number of halogens is 1. The van der Waals surface area contributed by atoms with Crippen molar-refractivity contribution in [1.29, 1.82) is 0 Å². The summed E-state index contributed by atoms with van der Waals surface area (Å²) in [6.45, 7) is 3.53. The molecule has 3 aromatic rings. The molecule has 1 aliphatic rings. The molecule has 2 nitrogen and oxygen atoms in total. The van der Waals surface area contributed by atoms with Crippen LogP contribution in [0.15, 0.2) is 72.9 Å². The number of benzene rings is 2. The Morgan fingerprint density at radius 2 is 1.48 bits per heavy atom. The molecule has 1 fully saturated rings. The number of likely N-dealkylation sites (tertiary alicyclic amines) is 1. The van der Waals surface area contributed by atoms with Crippen molar-refractivity contribution in [3.63, 3.8) is 0 Å². The molecule has 0 spiro atoms. The number of hydrogen-bond donors (Lipinski definition) is 0. The van der Waals surface area contributed by atoms with Crippen LogP contribution in [0.3, 0.4) is 0 Å². The zero-order valence-corrected chi connectivity index (χ0v) is 16.1. The van der Waals surface area contributed by atoms with Gasteiger partial charge in [0.25, 0.3) is 0 Å². The first-order valence-electron chi connectivity index (χ1n) is 9.49. The van der Waals surface area contributed by atoms with E-state index >= 15 is 0 Å². The maximum Gasteiger partial charge on any atom is 0.0702 e. The van der Waals surface area contributed by atoms with Crippen LogP contribution in [0.4, 0.5) is 0 Å². The third-order valence-electron chi connectivity index (χ3n) is 5.02. The van der Waals surface area contributed by atoms with Crippen molar-refractivity contribution >= 4 is 17.7 Å². The van der Waals surface area contributed by atoms with Crippen LogP contribution in [-0.4, -0.2) is 29.5 Å². The predicted octanol–water partition coefficient (Wildman–Crippen LogP) is 6.18. The van der Waals surface area contributed by atoms with Crippen LogP contribution in [0.25, 0.3) is 28.5 Å². The van der Waals surface area contributed by atoms with E-state index in [1.165, 1.54) is 31.5 Å². The standard InChI is InChI=1S/C24H23ClN2/c25-23-12-9-20(10-13-23)22-11-14-24(26-18-22)21-7-5-19(6-8-21)4-3-17-27-15-1-2-16-27/h3-14,18H,1-2,15-17H2/b4-3+. The Hall–Kier alpha value is -2.42. The Morgan fingerprint density at radius 3 is 2.15 bits per heavy atom. The van der Waals surface area contributed by atoms with Gasteiger partial charge in [-0.15, -0.1) is 0 Å². The fourth-order valence-electron chi connectivity index (χ4n) is 3.45. The summed E-state index contributed by atoms with van der Waals surface area (Å²) >= 11 is 5.96. The summed E-state index contributed by atoms with van der Waals surface area (Å²) in [6.07, 6.45) is 9.07. The molecule has 0 bridgehead atoms. The molecule has 27 heavy (non-hydrogen) atoms. The number of aromatic nitrogens is 1. The van der Waals surface area contributed by atoms with Crippen LogP contribution in [-0.2, 0) is 0 Å². The molecular formula is C24H23ClN2. The highest BCUT2D eigenvalue weighted by atomic mass is 35.5. The van der Waals surface area contributed by atoms with Gasteiger partial charge in [0.2, 0.25) is 0 Å². The van der Waals surface area contributed by atoms with E-state index < -0.39 is 0 Å². The zero-order valence-electron chi connectivity index (χ0n) is 15.3. The maximum absolute atomic E-state index is 5.96. The monoisotopic (exact) mass is 374 g/mol. The van der Waals surface area contributed by atoms with Gasteiger partial charge in [-0.05, 0) is 55.3 Å². The summed E-state index contributed by atoms with van der Waals surface area (Å²) in [7, 11) is 0. The molecule has 0 amide bonds. The van der Waals surface area contributed by atoms with Crippen molar-refractivity contribution in [3.05, 3.63) is 83.5 Å². The molecule has 2 heterocycles. The molecule has 1 aliphatic heterocycles. The SMILES string of the molecule is Clc1ccc(-c2ccc(-c3ccc(/C=C/CN4CCCC4)cc3)nc2)cc1. The number of hydrogen-bond acceptors (Lipinski definition) is 2. The van der Waals surface area contributed by atoms with Gasteiger partial charge in [0.1, 0.15) is 0 Å². The summed E-state index contributed by atoms with van der Waals surface area (Å²) in [6, 6.07) is 20.6. The van der Waals surface area contributed by atoms with Crippen molar-refractivity contribution in [2.45, 2.75) is 12.8 Å². The lowest BCUT2D eigenvalue weighted by molar-refractivity contribution is 0.378. The second-order valence-electron chi connectivity index (χ2n) is 6.97. The van der Waals surface area contributed by atoms with E-state index in [9.17, 15) is 0 Å².